The first kappa shape index (κ1) is 22.6. The van der Waals surface area contributed by atoms with Crippen molar-refractivity contribution in [1.82, 2.24) is 10.4 Å². The zero-order valence-corrected chi connectivity index (χ0v) is 19.1. The van der Waals surface area contributed by atoms with E-state index in [-0.39, 0.29) is 10.4 Å². The molecule has 1 N–H and O–H groups in total. The molecule has 162 valence electrons. The summed E-state index contributed by atoms with van der Waals surface area (Å²) in [5.74, 6) is 0.959. The van der Waals surface area contributed by atoms with E-state index in [1.807, 2.05) is 19.9 Å². The number of ether oxygens (including phenoxy) is 3. The summed E-state index contributed by atoms with van der Waals surface area (Å²) in [4.78, 5) is 25.7. The Hall–Kier alpha value is -3.04. The second kappa shape index (κ2) is 9.84. The summed E-state index contributed by atoms with van der Waals surface area (Å²) < 4.78 is 16.4. The molecule has 0 bridgehead atoms. The summed E-state index contributed by atoms with van der Waals surface area (Å²) in [5, 5.41) is 1.08. The van der Waals surface area contributed by atoms with Crippen LogP contribution in [0, 0.1) is 0 Å². The minimum atomic E-state index is -0.447. The Bertz CT molecular complexity index is 1030. The van der Waals surface area contributed by atoms with Gasteiger partial charge in [0.1, 0.15) is 5.75 Å². The highest BCUT2D eigenvalue weighted by Gasteiger charge is 2.33. The van der Waals surface area contributed by atoms with Crippen molar-refractivity contribution in [3.8, 4) is 17.2 Å². The third-order valence-corrected chi connectivity index (χ3v) is 5.51. The fourth-order valence-electron chi connectivity index (χ4n) is 2.75. The van der Waals surface area contributed by atoms with Crippen LogP contribution in [0.5, 0.6) is 17.2 Å². The van der Waals surface area contributed by atoms with Gasteiger partial charge >= 0.3 is 0 Å². The average molecular weight is 459 g/mol. The van der Waals surface area contributed by atoms with Crippen molar-refractivity contribution in [2.45, 2.75) is 20.0 Å². The molecular weight excluding hydrogens is 436 g/mol. The normalized spacial score (nSPS) is 14.9. The molecule has 0 aliphatic carbocycles. The Balaban J connectivity index is 1.76. The van der Waals surface area contributed by atoms with Gasteiger partial charge in [0.2, 0.25) is 0 Å². The molecule has 9 heteroatoms. The number of nitrogens with one attached hydrogen (secondary N) is 1. The van der Waals surface area contributed by atoms with Crippen LogP contribution >= 0.6 is 24.0 Å². The molecule has 1 heterocycles. The van der Waals surface area contributed by atoms with E-state index >= 15 is 0 Å². The van der Waals surface area contributed by atoms with Gasteiger partial charge in [-0.3, -0.25) is 15.0 Å². The molecule has 2 amide bonds. The molecular formula is C22H22N2O5S2. The van der Waals surface area contributed by atoms with Crippen LogP contribution in [0.25, 0.3) is 6.08 Å². The van der Waals surface area contributed by atoms with Crippen LogP contribution in [-0.2, 0) is 4.79 Å². The van der Waals surface area contributed by atoms with Gasteiger partial charge in [-0.25, -0.2) is 0 Å². The van der Waals surface area contributed by atoms with Crippen LogP contribution in [-0.4, -0.2) is 41.5 Å². The number of rotatable bonds is 7. The van der Waals surface area contributed by atoms with Crippen molar-refractivity contribution in [1.29, 1.82) is 0 Å². The molecule has 7 nitrogen and oxygen atoms in total. The number of benzene rings is 2. The maximum absolute atomic E-state index is 12.8. The van der Waals surface area contributed by atoms with Gasteiger partial charge in [-0.05, 0) is 74.1 Å². The van der Waals surface area contributed by atoms with Gasteiger partial charge in [-0.2, -0.15) is 5.01 Å². The van der Waals surface area contributed by atoms with Crippen molar-refractivity contribution >= 4 is 46.2 Å². The molecule has 1 aliphatic rings. The minimum absolute atomic E-state index is 0.00492. The minimum Gasteiger partial charge on any atom is -0.497 e. The largest absolute Gasteiger partial charge is 0.497 e. The number of hydrogen-bond acceptors (Lipinski definition) is 7. The van der Waals surface area contributed by atoms with E-state index < -0.39 is 11.8 Å². The highest BCUT2D eigenvalue weighted by molar-refractivity contribution is 8.26. The van der Waals surface area contributed by atoms with Gasteiger partial charge < -0.3 is 14.2 Å². The SMILES string of the molecule is COc1ccc(C(=O)NN2C(=O)C(=Cc3ccc(OC(C)C)c(OC)c3)SC2=S)cc1. The zero-order chi connectivity index (χ0) is 22.5. The van der Waals surface area contributed by atoms with Crippen molar-refractivity contribution < 1.29 is 23.8 Å². The van der Waals surface area contributed by atoms with Crippen LogP contribution in [0.4, 0.5) is 0 Å². The molecule has 0 spiro atoms. The van der Waals surface area contributed by atoms with Crippen molar-refractivity contribution in [2.75, 3.05) is 14.2 Å². The number of hydrogen-bond donors (Lipinski definition) is 1. The number of nitrogens with zero attached hydrogens (tertiary/aromatic N) is 1. The topological polar surface area (TPSA) is 77.1 Å². The zero-order valence-electron chi connectivity index (χ0n) is 17.5. The molecule has 0 saturated carbocycles. The van der Waals surface area contributed by atoms with Crippen molar-refractivity contribution in [2.24, 2.45) is 0 Å². The molecule has 1 fully saturated rings. The molecule has 2 aromatic rings. The summed E-state index contributed by atoms with van der Waals surface area (Å²) in [7, 11) is 3.10. The lowest BCUT2D eigenvalue weighted by molar-refractivity contribution is -0.123. The maximum atomic E-state index is 12.8. The third kappa shape index (κ3) is 5.36. The third-order valence-electron chi connectivity index (χ3n) is 4.21. The molecule has 0 unspecified atom stereocenters. The van der Waals surface area contributed by atoms with E-state index in [1.54, 1.807) is 56.7 Å². The van der Waals surface area contributed by atoms with Crippen LogP contribution < -0.4 is 19.6 Å². The fourth-order valence-corrected chi connectivity index (χ4v) is 3.93. The summed E-state index contributed by atoms with van der Waals surface area (Å²) in [6, 6.07) is 11.9. The molecule has 3 rings (SSSR count). The molecule has 1 saturated heterocycles. The molecule has 31 heavy (non-hydrogen) atoms. The summed E-state index contributed by atoms with van der Waals surface area (Å²) in [6.07, 6.45) is 1.70. The van der Waals surface area contributed by atoms with E-state index in [0.717, 1.165) is 22.3 Å². The van der Waals surface area contributed by atoms with Gasteiger partial charge in [0.05, 0.1) is 25.2 Å². The Kier molecular flexibility index (Phi) is 7.19. The highest BCUT2D eigenvalue weighted by atomic mass is 32.2. The van der Waals surface area contributed by atoms with Crippen molar-refractivity contribution in [3.63, 3.8) is 0 Å². The lowest BCUT2D eigenvalue weighted by Crippen LogP contribution is -2.44. The van der Waals surface area contributed by atoms with E-state index in [4.69, 9.17) is 26.4 Å². The quantitative estimate of drug-likeness (QED) is 0.496. The Morgan fingerprint density at radius 3 is 2.42 bits per heavy atom. The summed E-state index contributed by atoms with van der Waals surface area (Å²) in [5.41, 5.74) is 3.68. The predicted octanol–water partition coefficient (Wildman–Crippen LogP) is 4.04. The number of methoxy groups -OCH3 is 2. The Labute approximate surface area is 190 Å². The Morgan fingerprint density at radius 2 is 1.81 bits per heavy atom. The van der Waals surface area contributed by atoms with Crippen LogP contribution in [0.15, 0.2) is 47.4 Å². The van der Waals surface area contributed by atoms with Gasteiger partial charge in [-0.15, -0.1) is 0 Å². The van der Waals surface area contributed by atoms with Gasteiger partial charge in [0.25, 0.3) is 11.8 Å². The monoisotopic (exact) mass is 458 g/mol. The van der Waals surface area contributed by atoms with Crippen LogP contribution in [0.3, 0.4) is 0 Å². The first-order valence-corrected chi connectivity index (χ1v) is 10.6. The molecule has 2 aromatic carbocycles. The van der Waals surface area contributed by atoms with Gasteiger partial charge in [-0.1, -0.05) is 17.8 Å². The number of thioether (sulfide) groups is 1. The van der Waals surface area contributed by atoms with Gasteiger partial charge in [0, 0.05) is 5.56 Å². The first-order valence-electron chi connectivity index (χ1n) is 9.40. The fraction of sp³-hybridized carbons (Fsp3) is 0.227. The second-order valence-corrected chi connectivity index (χ2v) is 8.44. The highest BCUT2D eigenvalue weighted by Crippen LogP contribution is 2.34. The number of thiocarbonyl (C=S) groups is 1. The van der Waals surface area contributed by atoms with Crippen LogP contribution in [0.1, 0.15) is 29.8 Å². The average Bonchev–Trinajstić information content (AvgIpc) is 3.01. The van der Waals surface area contributed by atoms with E-state index in [9.17, 15) is 9.59 Å². The van der Waals surface area contributed by atoms with E-state index in [0.29, 0.717) is 27.7 Å². The molecule has 1 aliphatic heterocycles. The summed E-state index contributed by atoms with van der Waals surface area (Å²) in [6.45, 7) is 3.86. The second-order valence-electron chi connectivity index (χ2n) is 6.76. The maximum Gasteiger partial charge on any atom is 0.285 e. The smallest absolute Gasteiger partial charge is 0.285 e. The van der Waals surface area contributed by atoms with Crippen LogP contribution in [0.2, 0.25) is 0 Å². The first-order chi connectivity index (χ1) is 14.8. The van der Waals surface area contributed by atoms with Gasteiger partial charge in [0.15, 0.2) is 15.8 Å². The van der Waals surface area contributed by atoms with E-state index in [1.165, 1.54) is 0 Å². The predicted molar refractivity (Wildman–Crippen MR) is 124 cm³/mol. The number of amides is 2. The Morgan fingerprint density at radius 1 is 1.10 bits per heavy atom. The van der Waals surface area contributed by atoms with Crippen molar-refractivity contribution in [3.05, 3.63) is 58.5 Å². The molecule has 0 atom stereocenters. The number of carbonyl (C=O) groups is 2. The molecule has 0 radical (unpaired) electrons. The lowest BCUT2D eigenvalue weighted by Gasteiger charge is -2.15. The van der Waals surface area contributed by atoms with E-state index in [2.05, 4.69) is 5.43 Å². The summed E-state index contributed by atoms with van der Waals surface area (Å²) >= 11 is 6.39. The number of hydrazine groups is 1. The number of carbonyl (C=O) groups excluding carboxylic acids is 2. The molecule has 0 aromatic heterocycles. The lowest BCUT2D eigenvalue weighted by atomic mass is 10.2. The standard InChI is InChI=1S/C22H22N2O5S2/c1-13(2)29-17-10-5-14(11-18(17)28-4)12-19-21(26)24(22(30)31-19)23-20(25)15-6-8-16(27-3)9-7-15/h5-13H,1-4H3,(H,23,25).